The molecule has 2 atom stereocenters. The van der Waals surface area contributed by atoms with E-state index in [9.17, 15) is 23.7 Å². The van der Waals surface area contributed by atoms with Crippen molar-refractivity contribution in [2.24, 2.45) is 23.6 Å². The van der Waals surface area contributed by atoms with Gasteiger partial charge >= 0.3 is 7.60 Å². The molecule has 0 aromatic heterocycles. The first-order chi connectivity index (χ1) is 28.1. The molecule has 0 heterocycles. The summed E-state index contributed by atoms with van der Waals surface area (Å²) < 4.78 is 39.5. The van der Waals surface area contributed by atoms with Gasteiger partial charge in [0.2, 0.25) is 23.6 Å². The molecule has 0 bridgehead atoms. The van der Waals surface area contributed by atoms with Crippen LogP contribution in [-0.4, -0.2) is 146 Å². The fourth-order valence-electron chi connectivity index (χ4n) is 5.92. The first-order valence-electron chi connectivity index (χ1n) is 19.5. The van der Waals surface area contributed by atoms with Crippen molar-refractivity contribution >= 4 is 31.2 Å². The van der Waals surface area contributed by atoms with Crippen LogP contribution in [0.15, 0.2) is 24.3 Å². The quantitative estimate of drug-likeness (QED) is 0.0254. The normalized spacial score (nSPS) is 17.0. The Bertz CT molecular complexity index is 1320. The highest BCUT2D eigenvalue weighted by Gasteiger charge is 2.32. The summed E-state index contributed by atoms with van der Waals surface area (Å²) in [6, 6.07) is 6.42. The van der Waals surface area contributed by atoms with E-state index in [4.69, 9.17) is 40.9 Å². The highest BCUT2D eigenvalue weighted by Crippen LogP contribution is 2.50. The van der Waals surface area contributed by atoms with E-state index in [2.05, 4.69) is 35.8 Å². The van der Waals surface area contributed by atoms with Gasteiger partial charge in [-0.1, -0.05) is 31.2 Å². The Kier molecular flexibility index (Phi) is 27.1. The fraction of sp³-hybridized carbons (Fsp3) is 0.722. The van der Waals surface area contributed by atoms with Gasteiger partial charge in [0.1, 0.15) is 0 Å². The summed E-state index contributed by atoms with van der Waals surface area (Å²) in [5.74, 6) is 13.5. The Morgan fingerprint density at radius 1 is 0.707 bits per heavy atom. The molecule has 0 spiro atoms. The minimum atomic E-state index is -3.10. The van der Waals surface area contributed by atoms with Crippen LogP contribution in [0, 0.1) is 5.92 Å². The molecule has 1 aliphatic rings. The zero-order valence-electron chi connectivity index (χ0n) is 33.8. The monoisotopic (exact) mass is 848 g/mol. The minimum Gasteiger partial charge on any atom is -0.377 e. The molecule has 1 fully saturated rings. The molecule has 0 aliphatic heterocycles. The number of amides is 4. The largest absolute Gasteiger partial charge is 0.377 e. The van der Waals surface area contributed by atoms with Crippen LogP contribution >= 0.6 is 7.60 Å². The number of benzene rings is 1. The molecular weight excluding hydrogens is 783 g/mol. The van der Waals surface area contributed by atoms with Gasteiger partial charge in [0, 0.05) is 45.4 Å². The second-order valence-corrected chi connectivity index (χ2v) is 15.7. The predicted molar refractivity (Wildman–Crippen MR) is 211 cm³/mol. The van der Waals surface area contributed by atoms with Gasteiger partial charge in [0.25, 0.3) is 0 Å². The number of hydrogen-bond acceptors (Lipinski definition) is 17. The Hall–Kier alpha value is -3.15. The Balaban J connectivity index is 2.13. The van der Waals surface area contributed by atoms with Gasteiger partial charge in [0.15, 0.2) is 0 Å². The first-order valence-corrected chi connectivity index (χ1v) is 21.2. The molecule has 4 amide bonds. The van der Waals surface area contributed by atoms with E-state index in [0.29, 0.717) is 38.4 Å². The molecule has 1 aromatic carbocycles. The van der Waals surface area contributed by atoms with E-state index in [-0.39, 0.29) is 117 Å². The third-order valence-electron chi connectivity index (χ3n) is 9.10. The van der Waals surface area contributed by atoms with Crippen molar-refractivity contribution in [1.29, 1.82) is 0 Å². The van der Waals surface area contributed by atoms with Crippen LogP contribution in [0.2, 0.25) is 0 Å². The van der Waals surface area contributed by atoms with Crippen molar-refractivity contribution in [3.8, 4) is 0 Å². The van der Waals surface area contributed by atoms with E-state index in [0.717, 1.165) is 11.1 Å². The Morgan fingerprint density at radius 3 is 1.66 bits per heavy atom. The number of carbonyl (C=O) groups excluding carboxylic acids is 4. The molecule has 0 saturated heterocycles. The standard InChI is InChI=1S/C36H65N8O13P/c1-3-58(49,50-2)57-31-10-8-30(9-11-31)35(47)43-25-29-6-4-28(5-7-29)24-32(36(48)42-14-17-53-20-23-56-39)44(26-33(45)40-12-15-51-18-21-54-37)27-34(46)41-13-16-52-19-22-55-38/h4-7,30-32H,3,8-27,37-39H2,1-2H3,(H,40,45)(H,41,46)(H,42,48)(H,43,47)/t30?,31?,32-,58?/m1/s1. The van der Waals surface area contributed by atoms with Crippen LogP contribution in [0.1, 0.15) is 43.7 Å². The van der Waals surface area contributed by atoms with Crippen LogP contribution in [0.25, 0.3) is 0 Å². The first kappa shape index (κ1) is 51.0. The zero-order valence-corrected chi connectivity index (χ0v) is 34.7. The van der Waals surface area contributed by atoms with E-state index in [1.807, 2.05) is 24.3 Å². The van der Waals surface area contributed by atoms with E-state index in [1.165, 1.54) is 12.0 Å². The summed E-state index contributed by atoms with van der Waals surface area (Å²) in [6.45, 7) is 3.86. The van der Waals surface area contributed by atoms with E-state index < -0.39 is 31.4 Å². The van der Waals surface area contributed by atoms with Gasteiger partial charge in [-0.25, -0.2) is 17.7 Å². The number of hydrogen-bond donors (Lipinski definition) is 7. The van der Waals surface area contributed by atoms with Crippen molar-refractivity contribution in [2.45, 2.75) is 57.7 Å². The molecule has 1 aliphatic carbocycles. The van der Waals surface area contributed by atoms with Crippen molar-refractivity contribution in [2.75, 3.05) is 105 Å². The van der Waals surface area contributed by atoms with E-state index in [1.54, 1.807) is 6.92 Å². The molecule has 1 unspecified atom stereocenters. The second kappa shape index (κ2) is 30.8. The van der Waals surface area contributed by atoms with Gasteiger partial charge in [-0.15, -0.1) is 0 Å². The molecule has 10 N–H and O–H groups in total. The maximum Gasteiger partial charge on any atom is 0.330 e. The summed E-state index contributed by atoms with van der Waals surface area (Å²) in [4.78, 5) is 68.1. The lowest BCUT2D eigenvalue weighted by molar-refractivity contribution is -0.132. The molecule has 21 nitrogen and oxygen atoms in total. The lowest BCUT2D eigenvalue weighted by Gasteiger charge is -2.30. The maximum absolute atomic E-state index is 13.8. The minimum absolute atomic E-state index is 0.0660. The average Bonchev–Trinajstić information content (AvgIpc) is 3.23. The summed E-state index contributed by atoms with van der Waals surface area (Å²) in [5, 5.41) is 11.4. The number of carbonyl (C=O) groups is 4. The molecule has 332 valence electrons. The highest BCUT2D eigenvalue weighted by molar-refractivity contribution is 7.53. The molecule has 58 heavy (non-hydrogen) atoms. The maximum atomic E-state index is 13.8. The SMILES string of the molecule is CCP(=O)(OC)OC1CCC(C(=O)NCc2ccc(C[C@H](C(=O)NCCOCCON)N(CC(=O)NCCOCCON)CC(=O)NCCOCCON)cc2)CC1. The third-order valence-corrected chi connectivity index (χ3v) is 11.0. The van der Waals surface area contributed by atoms with Crippen molar-refractivity contribution in [3.63, 3.8) is 0 Å². The molecular formula is C36H65N8O13P. The zero-order chi connectivity index (χ0) is 42.4. The van der Waals surface area contributed by atoms with Crippen LogP contribution in [0.3, 0.4) is 0 Å². The highest BCUT2D eigenvalue weighted by atomic mass is 31.2. The lowest BCUT2D eigenvalue weighted by Crippen LogP contribution is -2.54. The Labute approximate surface area is 340 Å². The third kappa shape index (κ3) is 21.7. The van der Waals surface area contributed by atoms with Crippen molar-refractivity contribution < 1.29 is 61.5 Å². The second-order valence-electron chi connectivity index (χ2n) is 13.3. The number of nitrogens with two attached hydrogens (primary N) is 3. The van der Waals surface area contributed by atoms with Gasteiger partial charge < -0.3 is 59.0 Å². The van der Waals surface area contributed by atoms with Gasteiger partial charge in [-0.05, 0) is 43.2 Å². The average molecular weight is 849 g/mol. The smallest absolute Gasteiger partial charge is 0.330 e. The van der Waals surface area contributed by atoms with Crippen molar-refractivity contribution in [1.82, 2.24) is 26.2 Å². The van der Waals surface area contributed by atoms with Gasteiger partial charge in [0.05, 0.1) is 84.7 Å². The topological polar surface area (TPSA) is 289 Å². The summed E-state index contributed by atoms with van der Waals surface area (Å²) in [5.41, 5.74) is 1.59. The van der Waals surface area contributed by atoms with Crippen LogP contribution < -0.4 is 39.0 Å². The molecule has 1 saturated carbocycles. The van der Waals surface area contributed by atoms with Gasteiger partial charge in [-0.3, -0.25) is 28.6 Å². The molecule has 2 rings (SSSR count). The van der Waals surface area contributed by atoms with E-state index >= 15 is 0 Å². The Morgan fingerprint density at radius 2 is 1.19 bits per heavy atom. The molecule has 0 radical (unpaired) electrons. The number of nitrogens with zero attached hydrogens (tertiary/aromatic N) is 1. The van der Waals surface area contributed by atoms with Crippen LogP contribution in [0.4, 0.5) is 0 Å². The van der Waals surface area contributed by atoms with Crippen LogP contribution in [-0.2, 0) is 74.5 Å². The molecule has 22 heteroatoms. The molecule has 1 aromatic rings. The number of nitrogens with one attached hydrogen (secondary N) is 4. The summed E-state index contributed by atoms with van der Waals surface area (Å²) in [6.07, 6.45) is 2.69. The van der Waals surface area contributed by atoms with Gasteiger partial charge in [-0.2, -0.15) is 0 Å². The lowest BCUT2D eigenvalue weighted by atomic mass is 9.87. The summed E-state index contributed by atoms with van der Waals surface area (Å²) in [7, 11) is -1.72. The fourth-order valence-corrected chi connectivity index (χ4v) is 7.07. The van der Waals surface area contributed by atoms with Crippen LogP contribution in [0.5, 0.6) is 0 Å². The predicted octanol–water partition coefficient (Wildman–Crippen LogP) is -0.980. The van der Waals surface area contributed by atoms with Crippen molar-refractivity contribution in [3.05, 3.63) is 35.4 Å². The number of rotatable bonds is 33. The number of ether oxygens (including phenoxy) is 3. The summed E-state index contributed by atoms with van der Waals surface area (Å²) >= 11 is 0.